The van der Waals surface area contributed by atoms with Gasteiger partial charge in [0.2, 0.25) is 5.91 Å². The van der Waals surface area contributed by atoms with Crippen LogP contribution < -0.4 is 10.6 Å². The molecular weight excluding hydrogens is 188 g/mol. The van der Waals surface area contributed by atoms with E-state index in [1.807, 2.05) is 0 Å². The van der Waals surface area contributed by atoms with E-state index in [-0.39, 0.29) is 0 Å². The summed E-state index contributed by atoms with van der Waals surface area (Å²) in [6.45, 7) is 2.02. The Labute approximate surface area is 91.0 Å². The van der Waals surface area contributed by atoms with Crippen LogP contribution in [0.3, 0.4) is 0 Å². The van der Waals surface area contributed by atoms with E-state index in [9.17, 15) is 4.79 Å². The molecule has 84 valence electrons. The Morgan fingerprint density at radius 2 is 2.13 bits per heavy atom. The predicted octanol–water partition coefficient (Wildman–Crippen LogP) is 0.901. The first kappa shape index (κ1) is 9.64. The molecule has 1 saturated heterocycles. The number of rotatable bonds is 2. The van der Waals surface area contributed by atoms with Gasteiger partial charge >= 0.3 is 0 Å². The molecule has 1 aliphatic heterocycles. The number of carbonyl (C=O) groups is 1. The van der Waals surface area contributed by atoms with E-state index < -0.39 is 0 Å². The first-order chi connectivity index (χ1) is 7.33. The first-order valence-electron chi connectivity index (χ1n) is 6.34. The van der Waals surface area contributed by atoms with Crippen molar-refractivity contribution in [1.82, 2.24) is 10.6 Å². The van der Waals surface area contributed by atoms with E-state index in [1.54, 1.807) is 0 Å². The second kappa shape index (κ2) is 3.78. The van der Waals surface area contributed by atoms with Gasteiger partial charge in [-0.1, -0.05) is 6.42 Å². The van der Waals surface area contributed by atoms with Crippen LogP contribution >= 0.6 is 0 Å². The van der Waals surface area contributed by atoms with Gasteiger partial charge in [-0.2, -0.15) is 0 Å². The van der Waals surface area contributed by atoms with Crippen molar-refractivity contribution in [2.24, 2.45) is 17.8 Å². The molecule has 0 radical (unpaired) electrons. The molecule has 3 aliphatic rings. The molecule has 3 unspecified atom stereocenters. The van der Waals surface area contributed by atoms with Crippen molar-refractivity contribution in [3.8, 4) is 0 Å². The molecule has 2 bridgehead atoms. The monoisotopic (exact) mass is 208 g/mol. The Hall–Kier alpha value is -0.570. The molecule has 2 saturated carbocycles. The first-order valence-corrected chi connectivity index (χ1v) is 6.34. The van der Waals surface area contributed by atoms with Crippen LogP contribution in [0.15, 0.2) is 0 Å². The lowest BCUT2D eigenvalue weighted by molar-refractivity contribution is -0.127. The largest absolute Gasteiger partial charge is 0.352 e. The van der Waals surface area contributed by atoms with Gasteiger partial charge in [0.1, 0.15) is 0 Å². The molecule has 3 rings (SSSR count). The van der Waals surface area contributed by atoms with E-state index in [2.05, 4.69) is 10.6 Å². The summed E-state index contributed by atoms with van der Waals surface area (Å²) < 4.78 is 0. The third kappa shape index (κ3) is 1.78. The normalized spacial score (nSPS) is 43.5. The molecule has 0 aromatic carbocycles. The third-order valence-corrected chi connectivity index (χ3v) is 4.48. The summed E-state index contributed by atoms with van der Waals surface area (Å²) in [6.07, 6.45) is 6.26. The van der Waals surface area contributed by atoms with Gasteiger partial charge in [-0.05, 0) is 44.1 Å². The highest BCUT2D eigenvalue weighted by atomic mass is 16.2. The minimum absolute atomic E-state index is 0.343. The average Bonchev–Trinajstić information content (AvgIpc) is 2.93. The van der Waals surface area contributed by atoms with Crippen LogP contribution in [0, 0.1) is 17.8 Å². The highest BCUT2D eigenvalue weighted by Crippen LogP contribution is 2.48. The maximum absolute atomic E-state index is 12.1. The van der Waals surface area contributed by atoms with Crippen molar-refractivity contribution < 1.29 is 4.79 Å². The van der Waals surface area contributed by atoms with Gasteiger partial charge < -0.3 is 10.6 Å². The zero-order valence-corrected chi connectivity index (χ0v) is 9.17. The molecule has 3 nitrogen and oxygen atoms in total. The van der Waals surface area contributed by atoms with E-state index >= 15 is 0 Å². The topological polar surface area (TPSA) is 41.1 Å². The van der Waals surface area contributed by atoms with Crippen molar-refractivity contribution >= 4 is 5.91 Å². The molecular formula is C12H20N2O. The minimum Gasteiger partial charge on any atom is -0.352 e. The number of hydrogen-bond acceptors (Lipinski definition) is 2. The Balaban J connectivity index is 1.56. The highest BCUT2D eigenvalue weighted by Gasteiger charge is 2.43. The lowest BCUT2D eigenvalue weighted by atomic mass is 9.88. The predicted molar refractivity (Wildman–Crippen MR) is 58.4 cm³/mol. The molecule has 2 aliphatic carbocycles. The molecule has 0 aromatic rings. The quantitative estimate of drug-likeness (QED) is 0.708. The van der Waals surface area contributed by atoms with Crippen molar-refractivity contribution in [2.45, 2.75) is 38.1 Å². The number of nitrogens with one attached hydrogen (secondary N) is 2. The maximum Gasteiger partial charge on any atom is 0.223 e. The maximum atomic E-state index is 12.1. The van der Waals surface area contributed by atoms with Gasteiger partial charge in [-0.15, -0.1) is 0 Å². The summed E-state index contributed by atoms with van der Waals surface area (Å²) in [4.78, 5) is 12.1. The molecule has 15 heavy (non-hydrogen) atoms. The van der Waals surface area contributed by atoms with Crippen molar-refractivity contribution in [1.29, 1.82) is 0 Å². The van der Waals surface area contributed by atoms with Gasteiger partial charge in [0.15, 0.2) is 0 Å². The molecule has 1 amide bonds. The van der Waals surface area contributed by atoms with Gasteiger partial charge in [-0.25, -0.2) is 0 Å². The molecule has 3 fully saturated rings. The molecule has 1 heterocycles. The summed E-state index contributed by atoms with van der Waals surface area (Å²) in [5.41, 5.74) is 0. The van der Waals surface area contributed by atoms with Crippen molar-refractivity contribution in [2.75, 3.05) is 13.1 Å². The fourth-order valence-corrected chi connectivity index (χ4v) is 3.65. The zero-order valence-electron chi connectivity index (χ0n) is 9.17. The summed E-state index contributed by atoms with van der Waals surface area (Å²) in [7, 11) is 0. The second-order valence-electron chi connectivity index (χ2n) is 5.48. The summed E-state index contributed by atoms with van der Waals surface area (Å²) >= 11 is 0. The fourth-order valence-electron chi connectivity index (χ4n) is 3.65. The number of amides is 1. The summed E-state index contributed by atoms with van der Waals surface area (Å²) in [6, 6.07) is 0.400. The van der Waals surface area contributed by atoms with Crippen LogP contribution in [0.1, 0.15) is 32.1 Å². The second-order valence-corrected chi connectivity index (χ2v) is 5.48. The molecule has 2 N–H and O–H groups in total. The fraction of sp³-hybridized carbons (Fsp3) is 0.917. The van der Waals surface area contributed by atoms with Crippen molar-refractivity contribution in [3.05, 3.63) is 0 Å². The van der Waals surface area contributed by atoms with Crippen LogP contribution in [-0.2, 0) is 4.79 Å². The number of hydrogen-bond donors (Lipinski definition) is 2. The van der Waals surface area contributed by atoms with E-state index in [4.69, 9.17) is 0 Å². The minimum atomic E-state index is 0.343. The van der Waals surface area contributed by atoms with E-state index in [0.717, 1.165) is 31.8 Å². The standard InChI is InChI=1S/C12H20N2O/c15-12(14-10-3-4-13-7-10)11-6-8-1-2-9(11)5-8/h8-11,13H,1-7H2,(H,14,15)/t8?,9?,10-,11?/m0/s1. The third-order valence-electron chi connectivity index (χ3n) is 4.48. The van der Waals surface area contributed by atoms with E-state index in [1.165, 1.54) is 19.3 Å². The Kier molecular flexibility index (Phi) is 2.43. The smallest absolute Gasteiger partial charge is 0.223 e. The Morgan fingerprint density at radius 3 is 2.73 bits per heavy atom. The lowest BCUT2D eigenvalue weighted by Crippen LogP contribution is -2.41. The summed E-state index contributed by atoms with van der Waals surface area (Å²) in [5.74, 6) is 2.28. The SMILES string of the molecule is O=C(N[C@H]1CCNC1)C1CC2CCC1C2. The van der Waals surface area contributed by atoms with Crippen molar-refractivity contribution in [3.63, 3.8) is 0 Å². The van der Waals surface area contributed by atoms with Gasteiger partial charge in [0.25, 0.3) is 0 Å². The van der Waals surface area contributed by atoms with Crippen LogP contribution in [0.5, 0.6) is 0 Å². The molecule has 0 spiro atoms. The van der Waals surface area contributed by atoms with Gasteiger partial charge in [0.05, 0.1) is 0 Å². The van der Waals surface area contributed by atoms with Gasteiger partial charge in [-0.3, -0.25) is 4.79 Å². The summed E-state index contributed by atoms with van der Waals surface area (Å²) in [5, 5.41) is 6.49. The molecule has 0 aromatic heterocycles. The van der Waals surface area contributed by atoms with Crippen LogP contribution in [0.25, 0.3) is 0 Å². The van der Waals surface area contributed by atoms with Gasteiger partial charge in [0, 0.05) is 18.5 Å². The number of fused-ring (bicyclic) bond motifs is 2. The Bertz CT molecular complexity index is 260. The van der Waals surface area contributed by atoms with Crippen LogP contribution in [0.2, 0.25) is 0 Å². The zero-order chi connectivity index (χ0) is 10.3. The van der Waals surface area contributed by atoms with E-state index in [0.29, 0.717) is 23.8 Å². The average molecular weight is 208 g/mol. The Morgan fingerprint density at radius 1 is 1.20 bits per heavy atom. The van der Waals surface area contributed by atoms with Crippen LogP contribution in [-0.4, -0.2) is 25.0 Å². The molecule has 4 atom stereocenters. The highest BCUT2D eigenvalue weighted by molar-refractivity contribution is 5.79. The number of carbonyl (C=O) groups excluding carboxylic acids is 1. The lowest BCUT2D eigenvalue weighted by Gasteiger charge is -2.22. The van der Waals surface area contributed by atoms with Crippen LogP contribution in [0.4, 0.5) is 0 Å². The molecule has 3 heteroatoms.